The van der Waals surface area contributed by atoms with E-state index in [9.17, 15) is 18.9 Å². The van der Waals surface area contributed by atoms with Gasteiger partial charge in [0.2, 0.25) is 5.96 Å². The van der Waals surface area contributed by atoms with Crippen LogP contribution in [-0.4, -0.2) is 52.1 Å². The summed E-state index contributed by atoms with van der Waals surface area (Å²) in [6.07, 6.45) is 0.349. The molecule has 1 unspecified atom stereocenters. The number of hydrogen-bond donors (Lipinski definition) is 4. The van der Waals surface area contributed by atoms with E-state index in [0.29, 0.717) is 11.3 Å². The number of carboxylic acid groups (broad SMARTS) is 1. The van der Waals surface area contributed by atoms with Gasteiger partial charge in [-0.3, -0.25) is 9.71 Å². The molecular weight excluding hydrogens is 592 g/mol. The van der Waals surface area contributed by atoms with Crippen LogP contribution in [0.25, 0.3) is 11.1 Å². The van der Waals surface area contributed by atoms with Gasteiger partial charge in [-0.2, -0.15) is 0 Å². The van der Waals surface area contributed by atoms with Gasteiger partial charge in [-0.15, -0.1) is 0 Å². The molecule has 0 spiro atoms. The third-order valence-corrected chi connectivity index (χ3v) is 9.92. The minimum atomic E-state index is -1.65. The number of ether oxygens (including phenoxy) is 2. The smallest absolute Gasteiger partial charge is 0.407 e. The minimum Gasteiger partial charge on any atom is -0.487 e. The number of aliphatic carboxylic acids is 1. The Morgan fingerprint density at radius 3 is 2.31 bits per heavy atom. The molecule has 3 aromatic rings. The van der Waals surface area contributed by atoms with E-state index in [-0.39, 0.29) is 37.1 Å². The lowest BCUT2D eigenvalue weighted by Crippen LogP contribution is -2.41. The predicted octanol–water partition coefficient (Wildman–Crippen LogP) is 5.02. The Bertz CT molecular complexity index is 1660. The van der Waals surface area contributed by atoms with Crippen LogP contribution in [0.2, 0.25) is 0 Å². The maximum absolute atomic E-state index is 13.3. The molecule has 1 aliphatic carbocycles. The SMILES string of the molecule is Cc1c(C)c(S(=O)NC(N)=NCCC[C@H](NC(=O)OCC2c3ccccc3-c3ccccc32)C(=O)O)c(C)c2c1OC(C)(C)C2. The zero-order chi connectivity index (χ0) is 32.5. The number of hydrogen-bond acceptors (Lipinski definition) is 6. The number of nitrogens with zero attached hydrogens (tertiary/aromatic N) is 1. The summed E-state index contributed by atoms with van der Waals surface area (Å²) in [5.41, 5.74) is 13.8. The van der Waals surface area contributed by atoms with Gasteiger partial charge in [-0.05, 0) is 86.4 Å². The molecule has 0 saturated heterocycles. The predicted molar refractivity (Wildman–Crippen MR) is 174 cm³/mol. The number of benzene rings is 3. The maximum atomic E-state index is 13.3. The largest absolute Gasteiger partial charge is 0.487 e. The molecule has 1 amide bonds. The number of fused-ring (bicyclic) bond motifs is 4. The van der Waals surface area contributed by atoms with E-state index in [2.05, 4.69) is 15.0 Å². The van der Waals surface area contributed by atoms with E-state index in [0.717, 1.165) is 56.7 Å². The van der Waals surface area contributed by atoms with Crippen molar-refractivity contribution in [2.75, 3.05) is 13.2 Å². The Morgan fingerprint density at radius 2 is 1.69 bits per heavy atom. The minimum absolute atomic E-state index is 0.0155. The van der Waals surface area contributed by atoms with Gasteiger partial charge in [0.1, 0.15) is 24.0 Å². The molecular formula is C34H40N4O6S. The first-order valence-corrected chi connectivity index (χ1v) is 16.2. The first-order valence-electron chi connectivity index (χ1n) is 15.0. The first-order chi connectivity index (χ1) is 21.4. The molecule has 0 fully saturated rings. The monoisotopic (exact) mass is 632 g/mol. The van der Waals surface area contributed by atoms with Gasteiger partial charge in [-0.1, -0.05) is 48.5 Å². The van der Waals surface area contributed by atoms with Gasteiger partial charge in [0, 0.05) is 24.4 Å². The number of carbonyl (C=O) groups is 2. The zero-order valence-electron chi connectivity index (χ0n) is 26.2. The highest BCUT2D eigenvalue weighted by Gasteiger charge is 2.35. The highest BCUT2D eigenvalue weighted by atomic mass is 32.2. The van der Waals surface area contributed by atoms with Crippen molar-refractivity contribution in [2.45, 2.75) is 76.3 Å². The lowest BCUT2D eigenvalue weighted by molar-refractivity contribution is -0.139. The molecule has 0 bridgehead atoms. The molecule has 2 atom stereocenters. The number of rotatable bonds is 10. The molecule has 10 nitrogen and oxygen atoms in total. The second-order valence-corrected chi connectivity index (χ2v) is 13.3. The lowest BCUT2D eigenvalue weighted by atomic mass is 9.94. The fourth-order valence-corrected chi connectivity index (χ4v) is 7.42. The fraction of sp³-hybridized carbons (Fsp3) is 0.382. The van der Waals surface area contributed by atoms with Gasteiger partial charge in [-0.25, -0.2) is 13.8 Å². The van der Waals surface area contributed by atoms with Gasteiger partial charge >= 0.3 is 12.1 Å². The van der Waals surface area contributed by atoms with Crippen molar-refractivity contribution in [2.24, 2.45) is 10.7 Å². The molecule has 5 N–H and O–H groups in total. The van der Waals surface area contributed by atoms with Crippen LogP contribution in [0.1, 0.15) is 66.0 Å². The summed E-state index contributed by atoms with van der Waals surface area (Å²) in [5, 5.41) is 12.2. The topological polar surface area (TPSA) is 152 Å². The zero-order valence-corrected chi connectivity index (χ0v) is 27.0. The summed E-state index contributed by atoms with van der Waals surface area (Å²) < 4.78 is 27.7. The van der Waals surface area contributed by atoms with Gasteiger partial charge < -0.3 is 25.6 Å². The van der Waals surface area contributed by atoms with Crippen LogP contribution in [-0.2, 0) is 26.9 Å². The number of aliphatic imine (C=N–C) groups is 1. The van der Waals surface area contributed by atoms with Crippen LogP contribution in [0.4, 0.5) is 4.79 Å². The Labute approximate surface area is 266 Å². The van der Waals surface area contributed by atoms with Crippen molar-refractivity contribution < 1.29 is 28.4 Å². The van der Waals surface area contributed by atoms with Crippen LogP contribution >= 0.6 is 0 Å². The second kappa shape index (κ2) is 12.9. The number of guanidine groups is 1. The number of alkyl carbamates (subject to hydrolysis) is 1. The van der Waals surface area contributed by atoms with Crippen LogP contribution in [0.15, 0.2) is 58.4 Å². The molecule has 0 saturated carbocycles. The average molecular weight is 633 g/mol. The molecule has 5 rings (SSSR count). The third kappa shape index (κ3) is 6.68. The summed E-state index contributed by atoms with van der Waals surface area (Å²) in [6, 6.07) is 14.8. The van der Waals surface area contributed by atoms with Crippen molar-refractivity contribution in [1.82, 2.24) is 10.0 Å². The molecule has 0 aromatic heterocycles. The summed E-state index contributed by atoms with van der Waals surface area (Å²) in [7, 11) is -1.65. The summed E-state index contributed by atoms with van der Waals surface area (Å²) in [4.78, 5) is 29.4. The molecule has 0 radical (unpaired) electrons. The molecule has 1 aliphatic heterocycles. The van der Waals surface area contributed by atoms with E-state index in [4.69, 9.17) is 15.2 Å². The van der Waals surface area contributed by atoms with E-state index < -0.39 is 29.1 Å². The lowest BCUT2D eigenvalue weighted by Gasteiger charge is -2.19. The quantitative estimate of drug-likeness (QED) is 0.139. The van der Waals surface area contributed by atoms with Crippen molar-refractivity contribution in [3.8, 4) is 16.9 Å². The first kappa shape index (κ1) is 32.0. The number of carboxylic acids is 1. The number of nitrogens with two attached hydrogens (primary N) is 1. The van der Waals surface area contributed by atoms with E-state index >= 15 is 0 Å². The third-order valence-electron chi connectivity index (χ3n) is 8.54. The highest BCUT2D eigenvalue weighted by molar-refractivity contribution is 7.83. The van der Waals surface area contributed by atoms with Crippen molar-refractivity contribution in [1.29, 1.82) is 0 Å². The Balaban J connectivity index is 1.13. The molecule has 238 valence electrons. The summed E-state index contributed by atoms with van der Waals surface area (Å²) in [6.45, 7) is 10.1. The van der Waals surface area contributed by atoms with Gasteiger partial charge in [0.25, 0.3) is 0 Å². The molecule has 11 heteroatoms. The molecule has 45 heavy (non-hydrogen) atoms. The molecule has 3 aromatic carbocycles. The Morgan fingerprint density at radius 1 is 1.07 bits per heavy atom. The average Bonchev–Trinajstić information content (AvgIpc) is 3.50. The summed E-state index contributed by atoms with van der Waals surface area (Å²) >= 11 is 0. The standard InChI is InChI=1S/C34H40N4O6S/c1-19-20(2)30(21(3)26-17-34(4,5)44-29(19)26)45(42)38-32(35)36-16-10-15-28(31(39)40)37-33(41)43-18-27-24-13-8-6-11-22(24)23-12-7-9-14-25(23)27/h6-9,11-14,27-28H,10,15-18H2,1-5H3,(H,37,41)(H,39,40)(H3,35,36,38)/t28-,45?/m0/s1. The van der Waals surface area contributed by atoms with E-state index in [1.54, 1.807) is 0 Å². The van der Waals surface area contributed by atoms with Crippen molar-refractivity contribution in [3.63, 3.8) is 0 Å². The van der Waals surface area contributed by atoms with Crippen LogP contribution < -0.4 is 20.5 Å². The Kier molecular flexibility index (Phi) is 9.20. The van der Waals surface area contributed by atoms with E-state index in [1.165, 1.54) is 0 Å². The second-order valence-electron chi connectivity index (χ2n) is 12.2. The fourth-order valence-electron chi connectivity index (χ4n) is 6.24. The number of carbonyl (C=O) groups excluding carboxylic acids is 1. The van der Waals surface area contributed by atoms with Gasteiger partial charge in [0.15, 0.2) is 11.0 Å². The molecule has 2 aliphatic rings. The Hall–Kier alpha value is -4.38. The maximum Gasteiger partial charge on any atom is 0.407 e. The van der Waals surface area contributed by atoms with Crippen LogP contribution in [0.5, 0.6) is 5.75 Å². The van der Waals surface area contributed by atoms with Crippen LogP contribution in [0.3, 0.4) is 0 Å². The van der Waals surface area contributed by atoms with Crippen molar-refractivity contribution >= 4 is 29.0 Å². The number of amides is 1. The van der Waals surface area contributed by atoms with Crippen molar-refractivity contribution in [3.05, 3.63) is 81.9 Å². The van der Waals surface area contributed by atoms with Crippen LogP contribution in [0, 0.1) is 20.8 Å². The highest BCUT2D eigenvalue weighted by Crippen LogP contribution is 2.45. The molecule has 1 heterocycles. The number of nitrogens with one attached hydrogen (secondary N) is 2. The van der Waals surface area contributed by atoms with Gasteiger partial charge in [0.05, 0.1) is 4.90 Å². The normalized spacial score (nSPS) is 16.2. The summed E-state index contributed by atoms with van der Waals surface area (Å²) in [5.74, 6) is -0.463. The van der Waals surface area contributed by atoms with E-state index in [1.807, 2.05) is 83.1 Å².